The van der Waals surface area contributed by atoms with E-state index in [1.165, 1.54) is 0 Å². The molecular weight excluding hydrogens is 830 g/mol. The van der Waals surface area contributed by atoms with Gasteiger partial charge in [-0.05, 0) is 122 Å². The largest absolute Gasteiger partial charge is 0.438 e. The minimum Gasteiger partial charge on any atom is -0.332 e. The first-order valence-corrected chi connectivity index (χ1v) is 21.8. The number of amides is 1. The van der Waals surface area contributed by atoms with Crippen molar-refractivity contribution in [2.24, 2.45) is 13.0 Å². The van der Waals surface area contributed by atoms with E-state index in [9.17, 15) is 9.59 Å². The summed E-state index contributed by atoms with van der Waals surface area (Å²) >= 11 is 6.66. The Bertz CT molecular complexity index is 3500. The molecule has 9 aromatic rings. The van der Waals surface area contributed by atoms with Crippen LogP contribution in [0.4, 0.5) is 0 Å². The van der Waals surface area contributed by atoms with E-state index >= 15 is 4.79 Å². The molecule has 0 saturated heterocycles. The van der Waals surface area contributed by atoms with E-state index < -0.39 is 11.3 Å². The van der Waals surface area contributed by atoms with Crippen LogP contribution in [-0.2, 0) is 32.0 Å². The zero-order valence-corrected chi connectivity index (χ0v) is 36.9. The van der Waals surface area contributed by atoms with Gasteiger partial charge in [-0.1, -0.05) is 36.7 Å². The number of carbonyl (C=O) groups excluding carboxylic acids is 1. The third kappa shape index (κ3) is 5.90. The van der Waals surface area contributed by atoms with Crippen LogP contribution in [0.15, 0.2) is 99.6 Å². The topological polar surface area (TPSA) is 160 Å². The van der Waals surface area contributed by atoms with Gasteiger partial charge in [-0.2, -0.15) is 10.2 Å². The van der Waals surface area contributed by atoms with Crippen LogP contribution < -0.4 is 11.4 Å². The van der Waals surface area contributed by atoms with Gasteiger partial charge in [0.15, 0.2) is 5.82 Å². The van der Waals surface area contributed by atoms with E-state index in [1.54, 1.807) is 37.1 Å². The van der Waals surface area contributed by atoms with Gasteiger partial charge in [-0.3, -0.25) is 33.1 Å². The van der Waals surface area contributed by atoms with Crippen molar-refractivity contribution in [2.75, 3.05) is 6.54 Å². The van der Waals surface area contributed by atoms with Gasteiger partial charge in [-0.15, -0.1) is 0 Å². The van der Waals surface area contributed by atoms with Crippen molar-refractivity contribution in [3.05, 3.63) is 157 Å². The van der Waals surface area contributed by atoms with Crippen LogP contribution in [0.5, 0.6) is 0 Å². The Balaban J connectivity index is 1.05. The Labute approximate surface area is 371 Å². The molecule has 0 bridgehead atoms. The fourth-order valence-electron chi connectivity index (χ4n) is 9.99. The molecule has 0 spiro atoms. The summed E-state index contributed by atoms with van der Waals surface area (Å²) in [5.41, 5.74) is 10.1. The number of rotatable bonds is 8. The highest BCUT2D eigenvalue weighted by molar-refractivity contribution is 6.32. The van der Waals surface area contributed by atoms with Crippen LogP contribution in [0.1, 0.15) is 70.2 Å². The quantitative estimate of drug-likeness (QED) is 0.164. The number of imidazole rings is 1. The molecule has 16 heteroatoms. The zero-order chi connectivity index (χ0) is 44.3. The van der Waals surface area contributed by atoms with Crippen LogP contribution in [-0.4, -0.2) is 65.7 Å². The maximum Gasteiger partial charge on any atom is 0.438 e. The van der Waals surface area contributed by atoms with Crippen molar-refractivity contribution >= 4 is 39.3 Å². The fraction of sp³-hybridized carbons (Fsp3) is 0.271. The predicted molar refractivity (Wildman–Crippen MR) is 243 cm³/mol. The summed E-state index contributed by atoms with van der Waals surface area (Å²) in [6.45, 7) is 10.7. The summed E-state index contributed by atoms with van der Waals surface area (Å²) in [6.07, 6.45) is 9.02. The Kier molecular flexibility index (Phi) is 8.90. The van der Waals surface area contributed by atoms with Crippen LogP contribution >= 0.6 is 11.6 Å². The maximum absolute atomic E-state index is 15.4. The second-order valence-corrected chi connectivity index (χ2v) is 17.6. The van der Waals surface area contributed by atoms with Crippen molar-refractivity contribution in [3.63, 3.8) is 0 Å². The molecule has 0 unspecified atom stereocenters. The molecule has 322 valence electrons. The number of aromatic nitrogens is 10. The summed E-state index contributed by atoms with van der Waals surface area (Å²) < 4.78 is 13.9. The van der Waals surface area contributed by atoms with Crippen LogP contribution in [0, 0.1) is 26.7 Å². The summed E-state index contributed by atoms with van der Waals surface area (Å²) in [5, 5.41) is 16.2. The standard InChI is InChI=1S/C48H44ClN11O4/c1-7-37-29(5)35(12-14-50-37)30-8-10-40-31(20-30)22-41(59(40)48(23-28(48)4)45-52-46(62)64-54-45)44(61)56-15-13-38-36(25-56)43(60(53-38)34-18-26(2)42(49)27(3)19-34)58-17-16-57(47(58)63)33-9-11-39-32(21-33)24-51-55(39)6/h8-12,14,16-22,24,28H,7,13,15,23,25H2,1-6H3,(H,52,54,62)/t28-,48-/m0/s1. The van der Waals surface area contributed by atoms with Crippen molar-refractivity contribution in [3.8, 4) is 28.3 Å². The lowest BCUT2D eigenvalue weighted by Gasteiger charge is -2.29. The van der Waals surface area contributed by atoms with Gasteiger partial charge < -0.3 is 9.47 Å². The summed E-state index contributed by atoms with van der Waals surface area (Å²) in [5.74, 6) is 0.0939. The summed E-state index contributed by atoms with van der Waals surface area (Å²) in [6, 6.07) is 19.9. The smallest absolute Gasteiger partial charge is 0.332 e. The van der Waals surface area contributed by atoms with Crippen molar-refractivity contribution in [1.29, 1.82) is 0 Å². The molecule has 1 fully saturated rings. The van der Waals surface area contributed by atoms with E-state index in [1.807, 2.05) is 85.1 Å². The molecule has 7 heterocycles. The van der Waals surface area contributed by atoms with Gasteiger partial charge in [0.2, 0.25) is 0 Å². The van der Waals surface area contributed by atoms with Gasteiger partial charge in [0.25, 0.3) is 5.91 Å². The number of fused-ring (bicyclic) bond motifs is 3. The van der Waals surface area contributed by atoms with Crippen LogP contribution in [0.25, 0.3) is 50.1 Å². The predicted octanol–water partition coefficient (Wildman–Crippen LogP) is 7.52. The van der Waals surface area contributed by atoms with E-state index in [2.05, 4.69) is 53.1 Å². The van der Waals surface area contributed by atoms with Crippen molar-refractivity contribution in [1.82, 2.24) is 53.3 Å². The van der Waals surface area contributed by atoms with Gasteiger partial charge in [-0.25, -0.2) is 14.3 Å². The molecule has 3 aromatic carbocycles. The average molecular weight is 874 g/mol. The second kappa shape index (κ2) is 14.4. The normalized spacial score (nSPS) is 17.2. The molecule has 1 saturated carbocycles. The lowest BCUT2D eigenvalue weighted by atomic mass is 9.98. The van der Waals surface area contributed by atoms with Crippen molar-refractivity contribution in [2.45, 2.75) is 66.0 Å². The highest BCUT2D eigenvalue weighted by Crippen LogP contribution is 2.56. The number of aryl methyl sites for hydroxylation is 4. The molecule has 2 aliphatic rings. The Morgan fingerprint density at radius 3 is 2.45 bits per heavy atom. The molecular formula is C48H44ClN11O4. The van der Waals surface area contributed by atoms with E-state index in [-0.39, 0.29) is 24.1 Å². The van der Waals surface area contributed by atoms with Gasteiger partial charge in [0.1, 0.15) is 17.1 Å². The molecule has 1 N–H and O–H groups in total. The summed E-state index contributed by atoms with van der Waals surface area (Å²) in [4.78, 5) is 51.7. The van der Waals surface area contributed by atoms with E-state index in [4.69, 9.17) is 21.2 Å². The number of nitrogens with zero attached hydrogens (tertiary/aromatic N) is 10. The molecule has 0 radical (unpaired) electrons. The number of nitrogens with one attached hydrogen (secondary N) is 1. The molecule has 2 atom stereocenters. The molecule has 1 aliphatic heterocycles. The van der Waals surface area contributed by atoms with Crippen LogP contribution in [0.3, 0.4) is 0 Å². The third-order valence-corrected chi connectivity index (χ3v) is 14.1. The highest BCUT2D eigenvalue weighted by atomic mass is 35.5. The minimum atomic E-state index is -0.821. The molecule has 11 rings (SSSR count). The Morgan fingerprint density at radius 1 is 0.953 bits per heavy atom. The second-order valence-electron chi connectivity index (χ2n) is 17.3. The number of aromatic amines is 1. The molecule has 64 heavy (non-hydrogen) atoms. The average Bonchev–Trinajstić information content (AvgIpc) is 3.91. The van der Waals surface area contributed by atoms with Gasteiger partial charge in [0.05, 0.1) is 35.3 Å². The molecule has 15 nitrogen and oxygen atoms in total. The number of H-pyrrole nitrogens is 1. The van der Waals surface area contributed by atoms with Gasteiger partial charge in [0, 0.05) is 71.2 Å². The number of carbonyl (C=O) groups is 1. The molecule has 1 amide bonds. The Morgan fingerprint density at radius 2 is 1.72 bits per heavy atom. The highest BCUT2D eigenvalue weighted by Gasteiger charge is 2.59. The van der Waals surface area contributed by atoms with E-state index in [0.29, 0.717) is 47.4 Å². The molecule has 6 aromatic heterocycles. The molecule has 1 aliphatic carbocycles. The van der Waals surface area contributed by atoms with Gasteiger partial charge >= 0.3 is 11.4 Å². The Hall–Kier alpha value is -7.26. The number of hydrogen-bond donors (Lipinski definition) is 1. The monoisotopic (exact) mass is 873 g/mol. The fourth-order valence-corrected chi connectivity index (χ4v) is 10.1. The first-order chi connectivity index (χ1) is 30.9. The first-order valence-electron chi connectivity index (χ1n) is 21.4. The third-order valence-electron chi connectivity index (χ3n) is 13.5. The van der Waals surface area contributed by atoms with E-state index in [0.717, 1.165) is 78.7 Å². The number of pyridine rings is 1. The number of hydrogen-bond acceptors (Lipinski definition) is 8. The minimum absolute atomic E-state index is 0.0310. The maximum atomic E-state index is 15.4. The number of halogens is 1. The number of benzene rings is 3. The zero-order valence-electron chi connectivity index (χ0n) is 36.2. The SMILES string of the molecule is CCc1nccc(-c2ccc3c(c2)cc(C(=O)N2CCc4nn(-c5cc(C)c(Cl)c(C)c5)c(-n5ccn(-c6ccc7c(cnn7C)c6)c5=O)c4C2)n3[C@@]2(c3noc(=O)[nH]3)C[C@@H]2C)c1C. The lowest BCUT2D eigenvalue weighted by molar-refractivity contribution is 0.0721. The summed E-state index contributed by atoms with van der Waals surface area (Å²) in [7, 11) is 1.88. The van der Waals surface area contributed by atoms with Crippen molar-refractivity contribution < 1.29 is 9.32 Å². The van der Waals surface area contributed by atoms with Crippen LogP contribution in [0.2, 0.25) is 5.02 Å². The lowest BCUT2D eigenvalue weighted by Crippen LogP contribution is -2.39. The first kappa shape index (κ1) is 39.6.